The molecule has 0 saturated carbocycles. The van der Waals surface area contributed by atoms with E-state index < -0.39 is 0 Å². The topological polar surface area (TPSA) is 38.5 Å². The third kappa shape index (κ3) is 3.48. The Bertz CT molecular complexity index is 428. The third-order valence-electron chi connectivity index (χ3n) is 3.70. The van der Waals surface area contributed by atoms with Gasteiger partial charge in [0, 0.05) is 30.7 Å². The van der Waals surface area contributed by atoms with Crippen LogP contribution in [0.1, 0.15) is 31.0 Å². The molecule has 19 heavy (non-hydrogen) atoms. The van der Waals surface area contributed by atoms with Crippen LogP contribution in [-0.2, 0) is 4.74 Å². The van der Waals surface area contributed by atoms with E-state index in [1.807, 2.05) is 12.1 Å². The molecule has 0 aromatic heterocycles. The van der Waals surface area contributed by atoms with Crippen LogP contribution in [0.25, 0.3) is 0 Å². The van der Waals surface area contributed by atoms with Crippen molar-refractivity contribution in [3.63, 3.8) is 0 Å². The van der Waals surface area contributed by atoms with Gasteiger partial charge in [0.1, 0.15) is 0 Å². The molecule has 1 heterocycles. The summed E-state index contributed by atoms with van der Waals surface area (Å²) in [5, 5.41) is 0.778. The number of nitrogens with two attached hydrogens (primary N) is 1. The molecule has 2 rings (SSSR count). The fourth-order valence-corrected chi connectivity index (χ4v) is 3.18. The molecule has 1 saturated heterocycles. The number of rotatable bonds is 3. The Labute approximate surface area is 120 Å². The van der Waals surface area contributed by atoms with E-state index in [0.717, 1.165) is 18.1 Å². The van der Waals surface area contributed by atoms with E-state index in [0.29, 0.717) is 6.54 Å². The lowest BCUT2D eigenvalue weighted by molar-refractivity contribution is -0.0799. The Balaban J connectivity index is 2.23. The first-order chi connectivity index (χ1) is 9.01. The van der Waals surface area contributed by atoms with E-state index in [2.05, 4.69) is 31.7 Å². The van der Waals surface area contributed by atoms with Gasteiger partial charge in [-0.25, -0.2) is 0 Å². The average Bonchev–Trinajstić information content (AvgIpc) is 2.31. The van der Waals surface area contributed by atoms with Crippen molar-refractivity contribution in [2.75, 3.05) is 19.6 Å². The summed E-state index contributed by atoms with van der Waals surface area (Å²) >= 11 is 6.03. The Morgan fingerprint density at radius 3 is 2.53 bits per heavy atom. The number of hydrogen-bond donors (Lipinski definition) is 1. The molecular formula is C15H23ClN2O. The molecule has 0 bridgehead atoms. The zero-order valence-electron chi connectivity index (χ0n) is 11.9. The molecule has 0 spiro atoms. The molecule has 3 nitrogen and oxygen atoms in total. The highest BCUT2D eigenvalue weighted by atomic mass is 35.5. The molecule has 1 aliphatic heterocycles. The maximum Gasteiger partial charge on any atom is 0.0678 e. The summed E-state index contributed by atoms with van der Waals surface area (Å²) in [6.07, 6.45) is 0.510. The normalized spacial score (nSPS) is 26.4. The number of ether oxygens (including phenoxy) is 1. The summed E-state index contributed by atoms with van der Waals surface area (Å²) in [5.41, 5.74) is 8.49. The van der Waals surface area contributed by atoms with E-state index in [1.165, 1.54) is 11.1 Å². The number of halogens is 1. The van der Waals surface area contributed by atoms with Gasteiger partial charge in [-0.05, 0) is 44.0 Å². The highest BCUT2D eigenvalue weighted by Crippen LogP contribution is 2.28. The van der Waals surface area contributed by atoms with Gasteiger partial charge >= 0.3 is 0 Å². The highest BCUT2D eigenvalue weighted by Gasteiger charge is 2.28. The zero-order valence-corrected chi connectivity index (χ0v) is 12.7. The van der Waals surface area contributed by atoms with Crippen LogP contribution < -0.4 is 5.73 Å². The SMILES string of the molecule is Cc1cc(Cl)ccc1C(CN)N1CC(C)OC(C)C1. The molecule has 0 radical (unpaired) electrons. The second-order valence-corrected chi connectivity index (χ2v) is 5.90. The minimum atomic E-state index is 0.242. The molecule has 0 amide bonds. The van der Waals surface area contributed by atoms with Crippen molar-refractivity contribution >= 4 is 11.6 Å². The average molecular weight is 283 g/mol. The van der Waals surface area contributed by atoms with Gasteiger partial charge in [0.15, 0.2) is 0 Å². The summed E-state index contributed by atoms with van der Waals surface area (Å²) in [7, 11) is 0. The smallest absolute Gasteiger partial charge is 0.0678 e. The van der Waals surface area contributed by atoms with E-state index >= 15 is 0 Å². The first-order valence-electron chi connectivity index (χ1n) is 6.87. The maximum absolute atomic E-state index is 6.03. The fraction of sp³-hybridized carbons (Fsp3) is 0.600. The monoisotopic (exact) mass is 282 g/mol. The van der Waals surface area contributed by atoms with Crippen LogP contribution in [0.4, 0.5) is 0 Å². The highest BCUT2D eigenvalue weighted by molar-refractivity contribution is 6.30. The van der Waals surface area contributed by atoms with Gasteiger partial charge < -0.3 is 10.5 Å². The number of aryl methyl sites for hydroxylation is 1. The predicted octanol–water partition coefficient (Wildman–Crippen LogP) is 2.76. The van der Waals surface area contributed by atoms with Crippen LogP contribution in [-0.4, -0.2) is 36.7 Å². The molecule has 1 fully saturated rings. The molecule has 3 unspecified atom stereocenters. The van der Waals surface area contributed by atoms with Crippen LogP contribution in [0.3, 0.4) is 0 Å². The largest absolute Gasteiger partial charge is 0.373 e. The maximum atomic E-state index is 6.03. The van der Waals surface area contributed by atoms with Gasteiger partial charge in [-0.1, -0.05) is 17.7 Å². The molecule has 2 N–H and O–H groups in total. The van der Waals surface area contributed by atoms with E-state index in [-0.39, 0.29) is 18.2 Å². The second kappa shape index (κ2) is 6.23. The lowest BCUT2D eigenvalue weighted by Crippen LogP contribution is -2.48. The molecular weight excluding hydrogens is 260 g/mol. The van der Waals surface area contributed by atoms with Crippen molar-refractivity contribution in [1.29, 1.82) is 0 Å². The molecule has 1 aromatic rings. The summed E-state index contributed by atoms with van der Waals surface area (Å²) in [6.45, 7) is 8.79. The minimum absolute atomic E-state index is 0.242. The Hall–Kier alpha value is -0.610. The van der Waals surface area contributed by atoms with E-state index in [9.17, 15) is 0 Å². The summed E-state index contributed by atoms with van der Waals surface area (Å²) in [5.74, 6) is 0. The van der Waals surface area contributed by atoms with Crippen LogP contribution in [0.2, 0.25) is 5.02 Å². The molecule has 0 aliphatic carbocycles. The van der Waals surface area contributed by atoms with Gasteiger partial charge in [0.25, 0.3) is 0 Å². The van der Waals surface area contributed by atoms with Crippen LogP contribution in [0, 0.1) is 6.92 Å². The summed E-state index contributed by atoms with van der Waals surface area (Å²) in [4.78, 5) is 2.43. The van der Waals surface area contributed by atoms with Crippen molar-refractivity contribution in [2.45, 2.75) is 39.0 Å². The first-order valence-corrected chi connectivity index (χ1v) is 7.24. The molecule has 4 heteroatoms. The Kier molecular flexibility index (Phi) is 4.85. The van der Waals surface area contributed by atoms with E-state index in [1.54, 1.807) is 0 Å². The van der Waals surface area contributed by atoms with Gasteiger partial charge in [0.05, 0.1) is 12.2 Å². The summed E-state index contributed by atoms with van der Waals surface area (Å²) in [6, 6.07) is 6.29. The van der Waals surface area contributed by atoms with E-state index in [4.69, 9.17) is 22.1 Å². The number of hydrogen-bond acceptors (Lipinski definition) is 3. The molecule has 3 atom stereocenters. The van der Waals surface area contributed by atoms with Gasteiger partial charge in [-0.15, -0.1) is 0 Å². The predicted molar refractivity (Wildman–Crippen MR) is 79.6 cm³/mol. The quantitative estimate of drug-likeness (QED) is 0.926. The van der Waals surface area contributed by atoms with Crippen LogP contribution >= 0.6 is 11.6 Å². The zero-order chi connectivity index (χ0) is 14.0. The van der Waals surface area contributed by atoms with Gasteiger partial charge in [-0.2, -0.15) is 0 Å². The molecule has 1 aliphatic rings. The minimum Gasteiger partial charge on any atom is -0.373 e. The van der Waals surface area contributed by atoms with Gasteiger partial charge in [0.2, 0.25) is 0 Å². The first kappa shape index (κ1) is 14.8. The number of benzene rings is 1. The van der Waals surface area contributed by atoms with Gasteiger partial charge in [-0.3, -0.25) is 4.90 Å². The standard InChI is InChI=1S/C15H23ClN2O/c1-10-6-13(16)4-5-14(10)15(7-17)18-8-11(2)19-12(3)9-18/h4-6,11-12,15H,7-9,17H2,1-3H3. The number of nitrogens with zero attached hydrogens (tertiary/aromatic N) is 1. The lowest BCUT2D eigenvalue weighted by atomic mass is 9.98. The second-order valence-electron chi connectivity index (χ2n) is 5.46. The lowest BCUT2D eigenvalue weighted by Gasteiger charge is -2.40. The third-order valence-corrected chi connectivity index (χ3v) is 3.94. The van der Waals surface area contributed by atoms with Crippen molar-refractivity contribution in [2.24, 2.45) is 5.73 Å². The Morgan fingerprint density at radius 1 is 1.37 bits per heavy atom. The fourth-order valence-electron chi connectivity index (χ4n) is 2.96. The number of morpholine rings is 1. The molecule has 1 aromatic carbocycles. The summed E-state index contributed by atoms with van der Waals surface area (Å²) < 4.78 is 5.79. The van der Waals surface area contributed by atoms with Crippen molar-refractivity contribution in [3.05, 3.63) is 34.3 Å². The van der Waals surface area contributed by atoms with Crippen molar-refractivity contribution in [3.8, 4) is 0 Å². The van der Waals surface area contributed by atoms with Crippen LogP contribution in [0.15, 0.2) is 18.2 Å². The van der Waals surface area contributed by atoms with Crippen LogP contribution in [0.5, 0.6) is 0 Å². The Morgan fingerprint density at radius 2 is 2.00 bits per heavy atom. The van der Waals surface area contributed by atoms with Crippen molar-refractivity contribution in [1.82, 2.24) is 4.90 Å². The molecule has 106 valence electrons. The van der Waals surface area contributed by atoms with Crippen molar-refractivity contribution < 1.29 is 4.74 Å².